The van der Waals surface area contributed by atoms with Crippen molar-refractivity contribution in [1.82, 2.24) is 10.9 Å². The molecule has 0 aromatic rings. The van der Waals surface area contributed by atoms with E-state index in [2.05, 4.69) is 15.6 Å². The minimum atomic E-state index is -2.59. The third-order valence-electron chi connectivity index (χ3n) is 12.2. The maximum atomic E-state index is 12.9. The summed E-state index contributed by atoms with van der Waals surface area (Å²) >= 11 is 0. The quantitative estimate of drug-likeness (QED) is 0.0109. The highest BCUT2D eigenvalue weighted by atomic mass is 16.8. The molecule has 2 amide bonds. The van der Waals surface area contributed by atoms with Crippen LogP contribution >= 0.6 is 0 Å². The molecule has 13 N–H and O–H groups in total. The third kappa shape index (κ3) is 21.1. The van der Waals surface area contributed by atoms with Crippen molar-refractivity contribution in [3.05, 3.63) is 0 Å². The molecule has 0 aliphatic carbocycles. The Bertz CT molecular complexity index is 2290. The lowest BCUT2D eigenvalue weighted by atomic mass is 9.71. The molecule has 34 nitrogen and oxygen atoms in total. The summed E-state index contributed by atoms with van der Waals surface area (Å²) < 4.78 is 54.7. The van der Waals surface area contributed by atoms with Gasteiger partial charge in [-0.2, -0.15) is 10.2 Å². The van der Waals surface area contributed by atoms with E-state index in [4.69, 9.17) is 47.4 Å². The van der Waals surface area contributed by atoms with E-state index in [1.54, 1.807) is 20.8 Å². The van der Waals surface area contributed by atoms with Crippen molar-refractivity contribution in [1.29, 1.82) is 0 Å². The van der Waals surface area contributed by atoms with Crippen molar-refractivity contribution in [2.45, 2.75) is 223 Å². The van der Waals surface area contributed by atoms with E-state index in [0.29, 0.717) is 12.4 Å². The van der Waals surface area contributed by atoms with Gasteiger partial charge in [0.05, 0.1) is 29.7 Å². The van der Waals surface area contributed by atoms with Crippen molar-refractivity contribution in [3.63, 3.8) is 0 Å². The number of nitrogens with zero attached hydrogens (tertiary/aromatic N) is 2. The van der Waals surface area contributed by atoms with Gasteiger partial charge in [-0.15, -0.1) is 0 Å². The van der Waals surface area contributed by atoms with Crippen LogP contribution in [0, 0.1) is 17.3 Å². The number of hydrazone groups is 2. The Kier molecular flexibility index (Phi) is 26.7. The van der Waals surface area contributed by atoms with E-state index in [9.17, 15) is 99.3 Å². The van der Waals surface area contributed by atoms with E-state index in [1.807, 2.05) is 5.43 Å². The zero-order valence-corrected chi connectivity index (χ0v) is 46.8. The smallest absolute Gasteiger partial charge is 0.336 e. The minimum Gasteiger partial charge on any atom is -0.479 e. The van der Waals surface area contributed by atoms with Crippen LogP contribution in [0.1, 0.15) is 94.9 Å². The molecule has 3 fully saturated rings. The van der Waals surface area contributed by atoms with Gasteiger partial charge in [-0.1, -0.05) is 27.7 Å². The van der Waals surface area contributed by atoms with Crippen LogP contribution in [0.15, 0.2) is 10.2 Å². The number of unbranched alkanes of at least 4 members (excludes halogenated alkanes) is 1. The second-order valence-electron chi connectivity index (χ2n) is 22.4. The molecule has 3 saturated heterocycles. The molecule has 0 aromatic carbocycles. The van der Waals surface area contributed by atoms with Gasteiger partial charge in [0.25, 0.3) is 0 Å². The lowest BCUT2D eigenvalue weighted by Crippen LogP contribution is -2.63. The molecule has 472 valence electrons. The molecule has 12 unspecified atom stereocenters. The van der Waals surface area contributed by atoms with Gasteiger partial charge < -0.3 is 113 Å². The lowest BCUT2D eigenvalue weighted by Gasteiger charge is -2.46. The summed E-state index contributed by atoms with van der Waals surface area (Å²) in [6.45, 7) is 15.0. The lowest BCUT2D eigenvalue weighted by molar-refractivity contribution is -0.333. The maximum Gasteiger partial charge on any atom is 0.336 e. The van der Waals surface area contributed by atoms with E-state index in [-0.39, 0.29) is 31.8 Å². The van der Waals surface area contributed by atoms with Crippen LogP contribution in [0.3, 0.4) is 0 Å². The van der Waals surface area contributed by atoms with Crippen LogP contribution < -0.4 is 10.9 Å². The van der Waals surface area contributed by atoms with Gasteiger partial charge in [0.1, 0.15) is 49.0 Å². The Labute approximate surface area is 473 Å². The van der Waals surface area contributed by atoms with Gasteiger partial charge >= 0.3 is 29.8 Å². The number of hydrogen-bond acceptors (Lipinski definition) is 27. The number of amides is 2. The number of nitrogens with one attached hydrogen (secondary N) is 2. The second kappa shape index (κ2) is 30.9. The Balaban J connectivity index is 1.80. The van der Waals surface area contributed by atoms with Crippen molar-refractivity contribution in [2.75, 3.05) is 0 Å². The molecule has 3 aliphatic rings. The first-order valence-corrected chi connectivity index (χ1v) is 25.7. The number of carbonyl (C=O) groups is 9. The number of aldehydes is 2. The van der Waals surface area contributed by atoms with Crippen LogP contribution in [-0.4, -0.2) is 251 Å². The Hall–Kier alpha value is -5.67. The SMILES string of the molecule is CC(C=O)C(OC(/C=N/NC(=O)CCCCC(=O)N/N=C/C(OC(C(=O)O)C(C=O)O[C@H]1OC(C(=O)O)[C@H](C(C)(C)C)C(O)[C@H]1O)O[C@H]1C(C(=O)O)O[C@H](OC(C)(C)C)[C@H](O)C1O)O[C@@H]1C(C(=O)O)O[C@@H](OC(C)(C)C)[C@@H](O)C1O)C(=O)O. The van der Waals surface area contributed by atoms with Crippen molar-refractivity contribution in [2.24, 2.45) is 27.5 Å². The predicted molar refractivity (Wildman–Crippen MR) is 270 cm³/mol. The van der Waals surface area contributed by atoms with E-state index in [1.165, 1.54) is 41.5 Å². The number of carbonyl (C=O) groups excluding carboxylic acids is 4. The Morgan fingerprint density at radius 3 is 1.23 bits per heavy atom. The third-order valence-corrected chi connectivity index (χ3v) is 12.2. The second-order valence-corrected chi connectivity index (χ2v) is 22.4. The first-order valence-electron chi connectivity index (χ1n) is 25.7. The standard InChI is InChI=1S/C49H76N4O30/c1-19(17-54)32(39(64)65)75-23(77-35-27(59)30(62)45(82-48(5,6)7)80-37(35)42(70)71)15-50-52-21(56)13-11-12-14-22(57)53-51-16-24(78-36-28(60)31(63)46(83-49(8,9)10)81-38(36)43(72)73)76-33(40(66)67)20(18-55)74-44-29(61)26(58)25(47(2,3)4)34(79-44)41(68)69/h15-20,23-38,44-46,58-63H,11-14H2,1-10H3,(H,52,56)(H,53,57)(H,64,65)(H,66,67)(H,68,69)(H,70,71)(H,72,73)/b50-15+,51-16+/t19?,20?,23?,24?,25-,26?,27?,28?,29-,30+,31-,32?,33?,34?,35+,36-,37?,38?,44+,45+,46-/m1/s1. The predicted octanol–water partition coefficient (Wildman–Crippen LogP) is -3.58. The van der Waals surface area contributed by atoms with Crippen LogP contribution in [0.4, 0.5) is 0 Å². The molecule has 83 heavy (non-hydrogen) atoms. The minimum absolute atomic E-state index is 0.0600. The molecule has 0 bridgehead atoms. The number of aliphatic carboxylic acids is 5. The van der Waals surface area contributed by atoms with Crippen molar-refractivity contribution in [3.8, 4) is 0 Å². The summed E-state index contributed by atoms with van der Waals surface area (Å²) in [4.78, 5) is 111. The number of carboxylic acids is 5. The molecule has 3 heterocycles. The summed E-state index contributed by atoms with van der Waals surface area (Å²) in [5, 5.41) is 123. The molecule has 0 spiro atoms. The molecule has 3 aliphatic heterocycles. The van der Waals surface area contributed by atoms with Crippen molar-refractivity contribution < 1.29 is 147 Å². The molecular formula is C49H76N4O30. The largest absolute Gasteiger partial charge is 0.479 e. The number of carboxylic acid groups (broad SMARTS) is 5. The molecule has 3 rings (SSSR count). The van der Waals surface area contributed by atoms with Gasteiger partial charge in [-0.3, -0.25) is 9.59 Å². The summed E-state index contributed by atoms with van der Waals surface area (Å²) in [5.41, 5.74) is 0.995. The van der Waals surface area contributed by atoms with Crippen LogP contribution in [0.5, 0.6) is 0 Å². The average molecular weight is 1200 g/mol. The highest BCUT2D eigenvalue weighted by Crippen LogP contribution is 2.40. The van der Waals surface area contributed by atoms with Crippen LogP contribution in [-0.2, 0) is 90.5 Å². The molecule has 0 radical (unpaired) electrons. The Morgan fingerprint density at radius 1 is 0.518 bits per heavy atom. The number of hydrogen-bond donors (Lipinski definition) is 13. The van der Waals surface area contributed by atoms with Gasteiger partial charge in [-0.25, -0.2) is 34.8 Å². The topological polar surface area (TPSA) is 517 Å². The van der Waals surface area contributed by atoms with Gasteiger partial charge in [0.2, 0.25) is 11.8 Å². The molecule has 0 aromatic heterocycles. The summed E-state index contributed by atoms with van der Waals surface area (Å²) in [6.07, 6.45) is -39.3. The first-order chi connectivity index (χ1) is 38.3. The zero-order valence-electron chi connectivity index (χ0n) is 46.8. The fraction of sp³-hybridized carbons (Fsp3) is 0.776. The molecule has 0 saturated carbocycles. The highest BCUT2D eigenvalue weighted by molar-refractivity contribution is 5.81. The number of aliphatic hydroxyl groups excluding tert-OH is 6. The first kappa shape index (κ1) is 71.6. The van der Waals surface area contributed by atoms with E-state index in [0.717, 1.165) is 6.92 Å². The van der Waals surface area contributed by atoms with Gasteiger partial charge in [0, 0.05) is 24.7 Å². The monoisotopic (exact) mass is 1200 g/mol. The van der Waals surface area contributed by atoms with Gasteiger partial charge in [0.15, 0.2) is 74.4 Å². The number of ether oxygens (including phenoxy) is 10. The zero-order chi connectivity index (χ0) is 63.2. The molecule has 21 atom stereocenters. The normalized spacial score (nSPS) is 31.2. The summed E-state index contributed by atoms with van der Waals surface area (Å²) in [6, 6.07) is 0. The average Bonchev–Trinajstić information content (AvgIpc) is 3.41. The maximum absolute atomic E-state index is 12.9. The number of rotatable bonds is 30. The molecular weight excluding hydrogens is 1120 g/mol. The van der Waals surface area contributed by atoms with Crippen molar-refractivity contribution >= 4 is 66.7 Å². The summed E-state index contributed by atoms with van der Waals surface area (Å²) in [7, 11) is 0. The van der Waals surface area contributed by atoms with Crippen LogP contribution in [0.25, 0.3) is 0 Å². The highest BCUT2D eigenvalue weighted by Gasteiger charge is 2.55. The molecule has 34 heteroatoms. The van der Waals surface area contributed by atoms with Crippen LogP contribution in [0.2, 0.25) is 0 Å². The number of aliphatic hydroxyl groups is 6. The Morgan fingerprint density at radius 2 is 0.892 bits per heavy atom. The summed E-state index contributed by atoms with van der Waals surface area (Å²) in [5.74, 6) is -13.2. The fourth-order valence-electron chi connectivity index (χ4n) is 8.33. The van der Waals surface area contributed by atoms with E-state index >= 15 is 0 Å². The van der Waals surface area contributed by atoms with Gasteiger partial charge in [-0.05, 0) is 59.8 Å². The fourth-order valence-corrected chi connectivity index (χ4v) is 8.33. The van der Waals surface area contributed by atoms with E-state index < -0.39 is 193 Å².